The minimum absolute atomic E-state index is 0.0287. The number of esters is 1. The molecule has 1 atom stereocenters. The van der Waals surface area contributed by atoms with Crippen molar-refractivity contribution in [3.05, 3.63) is 41.1 Å². The Labute approximate surface area is 170 Å². The predicted molar refractivity (Wildman–Crippen MR) is 107 cm³/mol. The van der Waals surface area contributed by atoms with Crippen molar-refractivity contribution >= 4 is 11.9 Å². The number of fused-ring (bicyclic) bond motifs is 1. The fourth-order valence-corrected chi connectivity index (χ4v) is 4.01. The number of para-hydroxylation sites is 1. The van der Waals surface area contributed by atoms with Crippen LogP contribution >= 0.6 is 0 Å². The molecule has 1 unspecified atom stereocenters. The lowest BCUT2D eigenvalue weighted by Crippen LogP contribution is -2.32. The van der Waals surface area contributed by atoms with Crippen LogP contribution in [-0.4, -0.2) is 38.9 Å². The third kappa shape index (κ3) is 3.97. The molecule has 1 saturated carbocycles. The van der Waals surface area contributed by atoms with Crippen LogP contribution in [0.2, 0.25) is 0 Å². The normalized spacial score (nSPS) is 19.4. The fourth-order valence-electron chi connectivity index (χ4n) is 4.01. The van der Waals surface area contributed by atoms with Crippen molar-refractivity contribution in [2.24, 2.45) is 0 Å². The van der Waals surface area contributed by atoms with Gasteiger partial charge in [0.2, 0.25) is 5.95 Å². The van der Waals surface area contributed by atoms with E-state index in [4.69, 9.17) is 9.47 Å². The number of hydrogen-bond acceptors (Lipinski definition) is 7. The first-order valence-corrected chi connectivity index (χ1v) is 10.4. The molecule has 0 radical (unpaired) electrons. The van der Waals surface area contributed by atoms with Crippen LogP contribution in [-0.2, 0) is 9.53 Å². The maximum Gasteiger partial charge on any atom is 0.338 e. The summed E-state index contributed by atoms with van der Waals surface area (Å²) >= 11 is 0. The van der Waals surface area contributed by atoms with Gasteiger partial charge in [0.25, 0.3) is 0 Å². The number of carbonyl (C=O) groups excluding carboxylic acids is 1. The summed E-state index contributed by atoms with van der Waals surface area (Å²) in [4.78, 5) is 13.3. The standard InChI is InChI=1S/C21H27N5O3/c1-3-13-28-17-12-8-7-11-16(17)19-18(14(2)22-21-23-24-25-26(19)21)20(27)29-15-9-5-4-6-10-15/h7-8,11-12,15,19H,3-6,9-10,13H2,1-2H3,(H,22,23,25). The molecule has 0 bridgehead atoms. The van der Waals surface area contributed by atoms with Gasteiger partial charge < -0.3 is 14.8 Å². The molecule has 1 aliphatic heterocycles. The number of nitrogens with zero attached hydrogens (tertiary/aromatic N) is 4. The molecule has 1 N–H and O–H groups in total. The molecule has 8 heteroatoms. The van der Waals surface area contributed by atoms with Crippen molar-refractivity contribution < 1.29 is 14.3 Å². The van der Waals surface area contributed by atoms with Gasteiger partial charge in [0.05, 0.1) is 12.2 Å². The minimum Gasteiger partial charge on any atom is -0.493 e. The average molecular weight is 397 g/mol. The third-order valence-electron chi connectivity index (χ3n) is 5.44. The Morgan fingerprint density at radius 3 is 2.83 bits per heavy atom. The van der Waals surface area contributed by atoms with Crippen molar-refractivity contribution in [3.63, 3.8) is 0 Å². The highest BCUT2D eigenvalue weighted by molar-refractivity contribution is 5.92. The smallest absolute Gasteiger partial charge is 0.338 e. The SMILES string of the molecule is CCCOc1ccccc1C1C(C(=O)OC2CCCCC2)=C(C)Nc2nnnn21. The summed E-state index contributed by atoms with van der Waals surface area (Å²) in [5.74, 6) is 0.892. The average Bonchev–Trinajstić information content (AvgIpc) is 3.20. The highest BCUT2D eigenvalue weighted by atomic mass is 16.5. The zero-order valence-electron chi connectivity index (χ0n) is 16.9. The van der Waals surface area contributed by atoms with Gasteiger partial charge in [0.15, 0.2) is 0 Å². The highest BCUT2D eigenvalue weighted by Crippen LogP contribution is 2.39. The van der Waals surface area contributed by atoms with Crippen LogP contribution in [0.4, 0.5) is 5.95 Å². The molecule has 2 heterocycles. The second-order valence-electron chi connectivity index (χ2n) is 7.56. The van der Waals surface area contributed by atoms with E-state index in [9.17, 15) is 4.79 Å². The molecule has 154 valence electrons. The largest absolute Gasteiger partial charge is 0.493 e. The van der Waals surface area contributed by atoms with Crippen LogP contribution in [0.5, 0.6) is 5.75 Å². The molecule has 8 nitrogen and oxygen atoms in total. The fraction of sp³-hybridized carbons (Fsp3) is 0.524. The first kappa shape index (κ1) is 19.4. The minimum atomic E-state index is -0.509. The van der Waals surface area contributed by atoms with Crippen LogP contribution in [0.1, 0.15) is 64.0 Å². The molecule has 4 rings (SSSR count). The number of nitrogens with one attached hydrogen (secondary N) is 1. The topological polar surface area (TPSA) is 91.2 Å². The Hall–Kier alpha value is -2.90. The molecular formula is C21H27N5O3. The predicted octanol–water partition coefficient (Wildman–Crippen LogP) is 3.63. The highest BCUT2D eigenvalue weighted by Gasteiger charge is 2.37. The second kappa shape index (κ2) is 8.63. The Morgan fingerprint density at radius 1 is 1.24 bits per heavy atom. The van der Waals surface area contributed by atoms with E-state index in [-0.39, 0.29) is 12.1 Å². The van der Waals surface area contributed by atoms with Gasteiger partial charge >= 0.3 is 5.97 Å². The van der Waals surface area contributed by atoms with Gasteiger partial charge in [-0.2, -0.15) is 4.68 Å². The van der Waals surface area contributed by atoms with Gasteiger partial charge in [0.1, 0.15) is 17.9 Å². The monoisotopic (exact) mass is 397 g/mol. The molecule has 0 saturated heterocycles. The summed E-state index contributed by atoms with van der Waals surface area (Å²) in [7, 11) is 0. The number of carbonyl (C=O) groups is 1. The van der Waals surface area contributed by atoms with Crippen LogP contribution in [0.15, 0.2) is 35.5 Å². The number of hydrogen-bond donors (Lipinski definition) is 1. The van der Waals surface area contributed by atoms with Crippen molar-refractivity contribution in [1.82, 2.24) is 20.2 Å². The van der Waals surface area contributed by atoms with Crippen molar-refractivity contribution in [3.8, 4) is 5.75 Å². The zero-order chi connectivity index (χ0) is 20.2. The van der Waals surface area contributed by atoms with E-state index in [1.165, 1.54) is 6.42 Å². The quantitative estimate of drug-likeness (QED) is 0.744. The van der Waals surface area contributed by atoms with Crippen LogP contribution < -0.4 is 10.1 Å². The molecule has 29 heavy (non-hydrogen) atoms. The molecule has 2 aliphatic rings. The Morgan fingerprint density at radius 2 is 2.03 bits per heavy atom. The van der Waals surface area contributed by atoms with Gasteiger partial charge in [-0.3, -0.25) is 0 Å². The lowest BCUT2D eigenvalue weighted by atomic mass is 9.94. The third-order valence-corrected chi connectivity index (χ3v) is 5.44. The van der Waals surface area contributed by atoms with E-state index in [0.29, 0.717) is 23.8 Å². The Balaban J connectivity index is 1.72. The van der Waals surface area contributed by atoms with Crippen LogP contribution in [0.25, 0.3) is 0 Å². The Kier molecular flexibility index (Phi) is 5.78. The van der Waals surface area contributed by atoms with E-state index in [1.807, 2.05) is 31.2 Å². The van der Waals surface area contributed by atoms with E-state index >= 15 is 0 Å². The van der Waals surface area contributed by atoms with E-state index in [0.717, 1.165) is 43.4 Å². The van der Waals surface area contributed by atoms with Crippen molar-refractivity contribution in [2.75, 3.05) is 11.9 Å². The number of aromatic nitrogens is 4. The number of anilines is 1. The van der Waals surface area contributed by atoms with Crippen molar-refractivity contribution in [2.45, 2.75) is 64.5 Å². The van der Waals surface area contributed by atoms with Crippen LogP contribution in [0, 0.1) is 0 Å². The molecule has 0 amide bonds. The molecule has 1 aliphatic carbocycles. The molecule has 0 spiro atoms. The van der Waals surface area contributed by atoms with E-state index in [1.54, 1.807) is 4.68 Å². The lowest BCUT2D eigenvalue weighted by Gasteiger charge is -2.30. The maximum absolute atomic E-state index is 13.3. The summed E-state index contributed by atoms with van der Waals surface area (Å²) in [5.41, 5.74) is 2.05. The summed E-state index contributed by atoms with van der Waals surface area (Å²) in [6.45, 7) is 4.51. The van der Waals surface area contributed by atoms with Crippen molar-refractivity contribution in [1.29, 1.82) is 0 Å². The van der Waals surface area contributed by atoms with Gasteiger partial charge in [0, 0.05) is 11.3 Å². The summed E-state index contributed by atoms with van der Waals surface area (Å²) in [6.07, 6.45) is 6.10. The summed E-state index contributed by atoms with van der Waals surface area (Å²) in [6, 6.07) is 7.21. The molecule has 1 aromatic carbocycles. The summed E-state index contributed by atoms with van der Waals surface area (Å²) in [5, 5.41) is 15.1. The van der Waals surface area contributed by atoms with E-state index < -0.39 is 6.04 Å². The van der Waals surface area contributed by atoms with Gasteiger partial charge in [-0.1, -0.05) is 36.6 Å². The number of ether oxygens (including phenoxy) is 2. The molecule has 2 aromatic rings. The second-order valence-corrected chi connectivity index (χ2v) is 7.56. The number of tetrazole rings is 1. The van der Waals surface area contributed by atoms with Gasteiger partial charge in [-0.15, -0.1) is 0 Å². The molecular weight excluding hydrogens is 370 g/mol. The Bertz CT molecular complexity index is 901. The number of benzene rings is 1. The van der Waals surface area contributed by atoms with Gasteiger partial charge in [-0.05, 0) is 55.5 Å². The van der Waals surface area contributed by atoms with Gasteiger partial charge in [-0.25, -0.2) is 4.79 Å². The zero-order valence-corrected chi connectivity index (χ0v) is 16.9. The van der Waals surface area contributed by atoms with E-state index in [2.05, 4.69) is 27.8 Å². The first-order valence-electron chi connectivity index (χ1n) is 10.4. The lowest BCUT2D eigenvalue weighted by molar-refractivity contribution is -0.146. The number of rotatable bonds is 6. The summed E-state index contributed by atoms with van der Waals surface area (Å²) < 4.78 is 13.5. The number of allylic oxidation sites excluding steroid dienone is 1. The molecule has 1 fully saturated rings. The maximum atomic E-state index is 13.3. The molecule has 1 aromatic heterocycles. The first-order chi connectivity index (χ1) is 14.2. The van der Waals surface area contributed by atoms with Crippen LogP contribution in [0.3, 0.4) is 0 Å².